The molecule has 6 nitrogen and oxygen atoms in total. The summed E-state index contributed by atoms with van der Waals surface area (Å²) < 4.78 is 16.3. The number of ether oxygens (including phenoxy) is 2. The van der Waals surface area contributed by atoms with Crippen molar-refractivity contribution in [1.29, 1.82) is 0 Å². The van der Waals surface area contributed by atoms with Crippen LogP contribution in [0.25, 0.3) is 0 Å². The van der Waals surface area contributed by atoms with E-state index in [9.17, 15) is 4.79 Å². The van der Waals surface area contributed by atoms with Gasteiger partial charge in [0, 0.05) is 0 Å². The van der Waals surface area contributed by atoms with Crippen LogP contribution in [0.5, 0.6) is 11.5 Å². The second kappa shape index (κ2) is 8.03. The zero-order valence-corrected chi connectivity index (χ0v) is 13.5. The van der Waals surface area contributed by atoms with E-state index in [4.69, 9.17) is 13.9 Å². The predicted octanol–water partition coefficient (Wildman–Crippen LogP) is 3.15. The molecule has 0 aliphatic rings. The number of nitrogens with one attached hydrogen (secondary N) is 1. The Bertz CT molecular complexity index is 692. The third kappa shape index (κ3) is 4.60. The molecule has 1 amide bonds. The van der Waals surface area contributed by atoms with E-state index < -0.39 is 5.91 Å². The number of rotatable bonds is 7. The van der Waals surface area contributed by atoms with Crippen LogP contribution in [0.15, 0.2) is 39.9 Å². The Labute approximate surface area is 135 Å². The first-order valence-electron chi connectivity index (χ1n) is 7.43. The molecule has 0 saturated heterocycles. The lowest BCUT2D eigenvalue weighted by Gasteiger charge is -2.11. The summed E-state index contributed by atoms with van der Waals surface area (Å²) in [6.45, 7) is 6.69. The molecule has 23 heavy (non-hydrogen) atoms. The van der Waals surface area contributed by atoms with Gasteiger partial charge in [0.2, 0.25) is 0 Å². The molecule has 2 aromatic rings. The minimum atomic E-state index is -0.398. The molecular formula is C17H20N2O4. The first-order valence-corrected chi connectivity index (χ1v) is 7.43. The van der Waals surface area contributed by atoms with Crippen LogP contribution in [-0.4, -0.2) is 25.3 Å². The van der Waals surface area contributed by atoms with Crippen LogP contribution in [0.1, 0.15) is 35.7 Å². The van der Waals surface area contributed by atoms with Crippen LogP contribution in [-0.2, 0) is 0 Å². The standard InChI is InChI=1S/C17H20N2O4/c1-4-21-14-9-7-13(10-16(14)22-5-2)11-18-19-17(20)15-8-6-12(3)23-15/h6-11H,4-5H2,1-3H3,(H,19,20)/b18-11+. The maximum absolute atomic E-state index is 11.8. The molecule has 1 aromatic carbocycles. The molecule has 2 rings (SSSR count). The number of carbonyl (C=O) groups excluding carboxylic acids is 1. The van der Waals surface area contributed by atoms with Crippen LogP contribution in [0.4, 0.5) is 0 Å². The Kier molecular flexibility index (Phi) is 5.80. The smallest absolute Gasteiger partial charge is 0.307 e. The fourth-order valence-corrected chi connectivity index (χ4v) is 1.93. The largest absolute Gasteiger partial charge is 0.490 e. The third-order valence-electron chi connectivity index (χ3n) is 2.91. The summed E-state index contributed by atoms with van der Waals surface area (Å²) >= 11 is 0. The first-order chi connectivity index (χ1) is 11.1. The molecule has 1 aromatic heterocycles. The van der Waals surface area contributed by atoms with Crippen molar-refractivity contribution in [3.8, 4) is 11.5 Å². The number of furan rings is 1. The molecule has 1 N–H and O–H groups in total. The van der Waals surface area contributed by atoms with Crippen LogP contribution < -0.4 is 14.9 Å². The van der Waals surface area contributed by atoms with Gasteiger partial charge in [-0.1, -0.05) is 0 Å². The van der Waals surface area contributed by atoms with Crippen molar-refractivity contribution < 1.29 is 18.7 Å². The summed E-state index contributed by atoms with van der Waals surface area (Å²) in [5, 5.41) is 3.92. The van der Waals surface area contributed by atoms with Crippen molar-refractivity contribution in [3.63, 3.8) is 0 Å². The second-order valence-electron chi connectivity index (χ2n) is 4.68. The van der Waals surface area contributed by atoms with Gasteiger partial charge in [0.1, 0.15) is 5.76 Å². The lowest BCUT2D eigenvalue weighted by molar-refractivity contribution is 0.0926. The number of nitrogens with zero attached hydrogens (tertiary/aromatic N) is 1. The van der Waals surface area contributed by atoms with Crippen molar-refractivity contribution in [2.75, 3.05) is 13.2 Å². The highest BCUT2D eigenvalue weighted by Crippen LogP contribution is 2.27. The van der Waals surface area contributed by atoms with E-state index in [1.165, 1.54) is 6.21 Å². The molecule has 6 heteroatoms. The highest BCUT2D eigenvalue weighted by atomic mass is 16.5. The minimum Gasteiger partial charge on any atom is -0.490 e. The number of hydrogen-bond donors (Lipinski definition) is 1. The summed E-state index contributed by atoms with van der Waals surface area (Å²) in [6, 6.07) is 8.78. The molecule has 0 radical (unpaired) electrons. The average Bonchev–Trinajstić information content (AvgIpc) is 2.97. The topological polar surface area (TPSA) is 73.1 Å². The van der Waals surface area contributed by atoms with Crippen molar-refractivity contribution in [1.82, 2.24) is 5.43 Å². The van der Waals surface area contributed by atoms with Gasteiger partial charge in [-0.3, -0.25) is 4.79 Å². The molecule has 0 unspecified atom stereocenters. The molecule has 0 atom stereocenters. The number of benzene rings is 1. The summed E-state index contributed by atoms with van der Waals surface area (Å²) in [4.78, 5) is 11.8. The van der Waals surface area contributed by atoms with Crippen LogP contribution >= 0.6 is 0 Å². The quantitative estimate of drug-likeness (QED) is 0.629. The molecule has 0 aliphatic carbocycles. The maximum atomic E-state index is 11.8. The van der Waals surface area contributed by atoms with E-state index >= 15 is 0 Å². The highest BCUT2D eigenvalue weighted by Gasteiger charge is 2.08. The SMILES string of the molecule is CCOc1ccc(/C=N/NC(=O)c2ccc(C)o2)cc1OCC. The van der Waals surface area contributed by atoms with Crippen LogP contribution in [0.3, 0.4) is 0 Å². The van der Waals surface area contributed by atoms with Crippen LogP contribution in [0.2, 0.25) is 0 Å². The molecule has 0 fully saturated rings. The predicted molar refractivity (Wildman–Crippen MR) is 87.3 cm³/mol. The molecule has 0 aliphatic heterocycles. The first kappa shape index (κ1) is 16.6. The van der Waals surface area contributed by atoms with Gasteiger partial charge in [-0.25, -0.2) is 5.43 Å². The van der Waals surface area contributed by atoms with Gasteiger partial charge in [0.05, 0.1) is 19.4 Å². The number of amides is 1. The Balaban J connectivity index is 2.04. The van der Waals surface area contributed by atoms with Gasteiger partial charge < -0.3 is 13.9 Å². The molecular weight excluding hydrogens is 296 g/mol. The van der Waals surface area contributed by atoms with Gasteiger partial charge in [-0.05, 0) is 56.7 Å². The van der Waals surface area contributed by atoms with Gasteiger partial charge >= 0.3 is 5.91 Å². The Morgan fingerprint density at radius 1 is 1.17 bits per heavy atom. The molecule has 0 bridgehead atoms. The van der Waals surface area contributed by atoms with Crippen LogP contribution in [0, 0.1) is 6.92 Å². The zero-order valence-electron chi connectivity index (χ0n) is 13.5. The number of carbonyl (C=O) groups is 1. The minimum absolute atomic E-state index is 0.223. The Morgan fingerprint density at radius 3 is 2.57 bits per heavy atom. The number of hydrazone groups is 1. The number of aryl methyl sites for hydroxylation is 1. The molecule has 0 saturated carbocycles. The van der Waals surface area contributed by atoms with Crippen molar-refractivity contribution >= 4 is 12.1 Å². The normalized spacial score (nSPS) is 10.7. The summed E-state index contributed by atoms with van der Waals surface area (Å²) in [5.74, 6) is 1.83. The summed E-state index contributed by atoms with van der Waals surface area (Å²) in [6.07, 6.45) is 1.53. The fourth-order valence-electron chi connectivity index (χ4n) is 1.93. The monoisotopic (exact) mass is 316 g/mol. The molecule has 0 spiro atoms. The highest BCUT2D eigenvalue weighted by molar-refractivity contribution is 5.92. The second-order valence-corrected chi connectivity index (χ2v) is 4.68. The molecule has 122 valence electrons. The van der Waals surface area contributed by atoms with E-state index in [0.717, 1.165) is 5.56 Å². The number of hydrogen-bond acceptors (Lipinski definition) is 5. The van der Waals surface area contributed by atoms with E-state index in [-0.39, 0.29) is 5.76 Å². The van der Waals surface area contributed by atoms with Gasteiger partial charge in [-0.2, -0.15) is 5.10 Å². The summed E-state index contributed by atoms with van der Waals surface area (Å²) in [5.41, 5.74) is 3.20. The van der Waals surface area contributed by atoms with E-state index in [0.29, 0.717) is 30.5 Å². The lowest BCUT2D eigenvalue weighted by Crippen LogP contribution is -2.16. The van der Waals surface area contributed by atoms with E-state index in [1.54, 1.807) is 25.1 Å². The van der Waals surface area contributed by atoms with E-state index in [1.807, 2.05) is 26.0 Å². The average molecular weight is 316 g/mol. The zero-order chi connectivity index (χ0) is 16.7. The third-order valence-corrected chi connectivity index (χ3v) is 2.91. The van der Waals surface area contributed by atoms with Gasteiger partial charge in [0.15, 0.2) is 17.3 Å². The van der Waals surface area contributed by atoms with Crippen molar-refractivity contribution in [2.24, 2.45) is 5.10 Å². The summed E-state index contributed by atoms with van der Waals surface area (Å²) in [7, 11) is 0. The van der Waals surface area contributed by atoms with Gasteiger partial charge in [-0.15, -0.1) is 0 Å². The molecule has 1 heterocycles. The van der Waals surface area contributed by atoms with Crippen molar-refractivity contribution in [2.45, 2.75) is 20.8 Å². The Hall–Kier alpha value is -2.76. The van der Waals surface area contributed by atoms with Gasteiger partial charge in [0.25, 0.3) is 0 Å². The maximum Gasteiger partial charge on any atom is 0.307 e. The lowest BCUT2D eigenvalue weighted by atomic mass is 10.2. The van der Waals surface area contributed by atoms with Crippen molar-refractivity contribution in [3.05, 3.63) is 47.4 Å². The Morgan fingerprint density at radius 2 is 1.91 bits per heavy atom. The fraction of sp³-hybridized carbons (Fsp3) is 0.294. The van der Waals surface area contributed by atoms with E-state index in [2.05, 4.69) is 10.5 Å².